The number of nitrogens with zero attached hydrogens (tertiary/aromatic N) is 1. The molecule has 0 unspecified atom stereocenters. The van der Waals surface area contributed by atoms with Crippen molar-refractivity contribution in [2.45, 2.75) is 4.90 Å². The van der Waals surface area contributed by atoms with Crippen LogP contribution >= 0.6 is 0 Å². The lowest BCUT2D eigenvalue weighted by Gasteiger charge is -2.06. The fourth-order valence-electron chi connectivity index (χ4n) is 1.74. The van der Waals surface area contributed by atoms with Crippen molar-refractivity contribution in [2.75, 3.05) is 13.4 Å². The van der Waals surface area contributed by atoms with Crippen LogP contribution in [0.4, 0.5) is 0 Å². The molecule has 0 amide bonds. The number of sulfone groups is 1. The number of rotatable bonds is 4. The molecule has 0 bridgehead atoms. The van der Waals surface area contributed by atoms with Gasteiger partial charge in [0.25, 0.3) is 5.56 Å². The second-order valence-electron chi connectivity index (χ2n) is 4.36. The number of hydrogen-bond acceptors (Lipinski definition) is 5. The van der Waals surface area contributed by atoms with Crippen LogP contribution in [0.1, 0.15) is 11.3 Å². The predicted molar refractivity (Wildman–Crippen MR) is 79.9 cm³/mol. The fourth-order valence-corrected chi connectivity index (χ4v) is 2.62. The smallest absolute Gasteiger partial charge is 0.264 e. The second-order valence-corrected chi connectivity index (χ2v) is 6.34. The van der Waals surface area contributed by atoms with Gasteiger partial charge in [-0.2, -0.15) is 5.10 Å². The molecule has 0 fully saturated rings. The molecule has 1 aromatic heterocycles. The van der Waals surface area contributed by atoms with Crippen LogP contribution in [-0.2, 0) is 9.84 Å². The Balaban J connectivity index is 2.46. The monoisotopic (exact) mass is 306 g/mol. The number of aromatic amines is 1. The molecule has 1 aromatic carbocycles. The first-order valence-electron chi connectivity index (χ1n) is 6.02. The highest BCUT2D eigenvalue weighted by atomic mass is 32.2. The highest BCUT2D eigenvalue weighted by Crippen LogP contribution is 2.23. The van der Waals surface area contributed by atoms with E-state index < -0.39 is 9.84 Å². The Kier molecular flexibility index (Phi) is 4.23. The van der Waals surface area contributed by atoms with Crippen LogP contribution in [0.3, 0.4) is 0 Å². The van der Waals surface area contributed by atoms with Crippen LogP contribution in [0, 0.1) is 0 Å². The lowest BCUT2D eigenvalue weighted by atomic mass is 10.2. The van der Waals surface area contributed by atoms with Gasteiger partial charge in [0.2, 0.25) is 0 Å². The fraction of sp³-hybridized carbons (Fsp3) is 0.143. The molecular weight excluding hydrogens is 292 g/mol. The van der Waals surface area contributed by atoms with Crippen molar-refractivity contribution in [2.24, 2.45) is 0 Å². The molecule has 6 nitrogen and oxygen atoms in total. The van der Waals surface area contributed by atoms with Gasteiger partial charge < -0.3 is 4.74 Å². The predicted octanol–water partition coefficient (Wildman–Crippen LogP) is 1.35. The molecule has 0 spiro atoms. The molecule has 0 aliphatic carbocycles. The summed E-state index contributed by atoms with van der Waals surface area (Å²) in [6, 6.07) is 7.59. The van der Waals surface area contributed by atoms with Crippen molar-refractivity contribution in [1.82, 2.24) is 10.2 Å². The molecule has 21 heavy (non-hydrogen) atoms. The van der Waals surface area contributed by atoms with Crippen LogP contribution in [0.5, 0.6) is 5.75 Å². The third-order valence-electron chi connectivity index (χ3n) is 2.75. The van der Waals surface area contributed by atoms with Gasteiger partial charge in [-0.25, -0.2) is 13.5 Å². The molecule has 2 rings (SSSR count). The molecule has 0 aliphatic heterocycles. The molecule has 1 N–H and O–H groups in total. The zero-order valence-corrected chi connectivity index (χ0v) is 12.3. The van der Waals surface area contributed by atoms with E-state index in [1.165, 1.54) is 25.3 Å². The molecular formula is C14H14N2O4S. The van der Waals surface area contributed by atoms with Crippen LogP contribution in [-0.4, -0.2) is 32.0 Å². The van der Waals surface area contributed by atoms with Gasteiger partial charge in [-0.05, 0) is 35.9 Å². The molecule has 0 atom stereocenters. The molecule has 0 saturated heterocycles. The van der Waals surface area contributed by atoms with Gasteiger partial charge in [0.1, 0.15) is 5.75 Å². The number of aromatic nitrogens is 2. The maximum absolute atomic E-state index is 11.8. The Morgan fingerprint density at radius 1 is 1.19 bits per heavy atom. The normalized spacial score (nSPS) is 11.7. The van der Waals surface area contributed by atoms with E-state index in [0.29, 0.717) is 17.0 Å². The second kappa shape index (κ2) is 5.92. The summed E-state index contributed by atoms with van der Waals surface area (Å²) in [6.45, 7) is 0. The largest absolute Gasteiger partial charge is 0.497 e. The highest BCUT2D eigenvalue weighted by Gasteiger charge is 2.12. The van der Waals surface area contributed by atoms with Gasteiger partial charge in [-0.15, -0.1) is 0 Å². The summed E-state index contributed by atoms with van der Waals surface area (Å²) in [5.74, 6) is 0.552. The quantitative estimate of drug-likeness (QED) is 0.921. The van der Waals surface area contributed by atoms with Crippen molar-refractivity contribution in [3.63, 3.8) is 0 Å². The zero-order valence-electron chi connectivity index (χ0n) is 11.5. The van der Waals surface area contributed by atoms with Crippen LogP contribution in [0.15, 0.2) is 40.0 Å². The summed E-state index contributed by atoms with van der Waals surface area (Å²) in [6.07, 6.45) is 4.36. The minimum atomic E-state index is -3.35. The Morgan fingerprint density at radius 3 is 2.52 bits per heavy atom. The van der Waals surface area contributed by atoms with E-state index in [1.807, 2.05) is 0 Å². The lowest BCUT2D eigenvalue weighted by molar-refractivity contribution is 0.414. The Morgan fingerprint density at radius 2 is 1.95 bits per heavy atom. The average molecular weight is 306 g/mol. The Bertz CT molecular complexity index is 818. The van der Waals surface area contributed by atoms with Crippen LogP contribution < -0.4 is 10.3 Å². The SMILES string of the molecule is COc1ccc(S(C)(=O)=O)c(C=Cc2ccc(=O)[nH]n2)c1. The first kappa shape index (κ1) is 15.0. The number of benzene rings is 1. The summed E-state index contributed by atoms with van der Waals surface area (Å²) in [4.78, 5) is 11.1. The van der Waals surface area contributed by atoms with Gasteiger partial charge in [0, 0.05) is 12.3 Å². The lowest BCUT2D eigenvalue weighted by Crippen LogP contribution is -2.05. The number of nitrogens with one attached hydrogen (secondary N) is 1. The van der Waals surface area contributed by atoms with Gasteiger partial charge in [-0.3, -0.25) is 4.79 Å². The molecule has 0 saturated carbocycles. The summed E-state index contributed by atoms with van der Waals surface area (Å²) in [7, 11) is -1.85. The topological polar surface area (TPSA) is 89.1 Å². The third-order valence-corrected chi connectivity index (χ3v) is 3.92. The number of methoxy groups -OCH3 is 1. The number of H-pyrrole nitrogens is 1. The Labute approximate surface area is 122 Å². The van der Waals surface area contributed by atoms with Gasteiger partial charge in [-0.1, -0.05) is 6.08 Å². The molecule has 7 heteroatoms. The van der Waals surface area contributed by atoms with E-state index in [1.54, 1.807) is 24.3 Å². The van der Waals surface area contributed by atoms with Gasteiger partial charge >= 0.3 is 0 Å². The van der Waals surface area contributed by atoms with Crippen molar-refractivity contribution < 1.29 is 13.2 Å². The first-order chi connectivity index (χ1) is 9.90. The van der Waals surface area contributed by atoms with E-state index >= 15 is 0 Å². The number of ether oxygens (including phenoxy) is 1. The standard InChI is InChI=1S/C14H14N2O4S/c1-20-12-6-7-13(21(2,18)19)10(9-12)3-4-11-5-8-14(17)16-15-11/h3-9H,1-2H3,(H,16,17). The van der Waals surface area contributed by atoms with E-state index in [2.05, 4.69) is 10.2 Å². The van der Waals surface area contributed by atoms with E-state index in [4.69, 9.17) is 4.74 Å². The minimum Gasteiger partial charge on any atom is -0.497 e. The average Bonchev–Trinajstić information content (AvgIpc) is 2.45. The van der Waals surface area contributed by atoms with E-state index in [9.17, 15) is 13.2 Å². The highest BCUT2D eigenvalue weighted by molar-refractivity contribution is 7.90. The molecule has 2 aromatic rings. The summed E-state index contributed by atoms with van der Waals surface area (Å²) in [5, 5.41) is 6.13. The molecule has 0 aliphatic rings. The molecule has 110 valence electrons. The summed E-state index contributed by atoms with van der Waals surface area (Å²) in [5.41, 5.74) is 0.701. The van der Waals surface area contributed by atoms with Crippen molar-refractivity contribution in [1.29, 1.82) is 0 Å². The summed E-state index contributed by atoms with van der Waals surface area (Å²) >= 11 is 0. The summed E-state index contributed by atoms with van der Waals surface area (Å²) < 4.78 is 28.6. The van der Waals surface area contributed by atoms with E-state index in [-0.39, 0.29) is 10.5 Å². The zero-order chi connectivity index (χ0) is 15.5. The number of hydrogen-bond donors (Lipinski definition) is 1. The van der Waals surface area contributed by atoms with Gasteiger partial charge in [0.15, 0.2) is 9.84 Å². The third kappa shape index (κ3) is 3.79. The van der Waals surface area contributed by atoms with Crippen molar-refractivity contribution >= 4 is 22.0 Å². The molecule has 0 radical (unpaired) electrons. The van der Waals surface area contributed by atoms with Crippen LogP contribution in [0.2, 0.25) is 0 Å². The van der Waals surface area contributed by atoms with E-state index in [0.717, 1.165) is 6.26 Å². The minimum absolute atomic E-state index is 0.198. The first-order valence-corrected chi connectivity index (χ1v) is 7.91. The molecule has 1 heterocycles. The maximum Gasteiger partial charge on any atom is 0.264 e. The Hall–Kier alpha value is -2.41. The van der Waals surface area contributed by atoms with Crippen molar-refractivity contribution in [3.05, 3.63) is 51.9 Å². The van der Waals surface area contributed by atoms with Crippen molar-refractivity contribution in [3.8, 4) is 5.75 Å². The maximum atomic E-state index is 11.8. The van der Waals surface area contributed by atoms with Gasteiger partial charge in [0.05, 0.1) is 17.7 Å². The van der Waals surface area contributed by atoms with Crippen LogP contribution in [0.25, 0.3) is 12.2 Å².